The lowest BCUT2D eigenvalue weighted by Gasteiger charge is -2.26. The van der Waals surface area contributed by atoms with Crippen LogP contribution in [-0.4, -0.2) is 38.1 Å². The van der Waals surface area contributed by atoms with Crippen LogP contribution in [0.2, 0.25) is 0 Å². The zero-order valence-electron chi connectivity index (χ0n) is 13.1. The second-order valence-corrected chi connectivity index (χ2v) is 5.97. The maximum absolute atomic E-state index is 12.5. The predicted molar refractivity (Wildman–Crippen MR) is 87.8 cm³/mol. The van der Waals surface area contributed by atoms with Crippen molar-refractivity contribution >= 4 is 5.97 Å². The lowest BCUT2D eigenvalue weighted by Crippen LogP contribution is -2.25. The molecule has 0 bridgehead atoms. The normalized spacial score (nSPS) is 16.0. The molecular weight excluding hydrogens is 274 g/mol. The molecule has 3 rings (SSSR count). The zero-order chi connectivity index (χ0) is 15.5. The van der Waals surface area contributed by atoms with E-state index in [0.717, 1.165) is 17.7 Å². The van der Waals surface area contributed by atoms with Crippen molar-refractivity contribution in [1.82, 2.24) is 4.90 Å². The molecule has 2 aromatic rings. The fraction of sp³-hybridized carbons (Fsp3) is 0.316. The maximum atomic E-state index is 12.5. The van der Waals surface area contributed by atoms with E-state index in [0.29, 0.717) is 13.0 Å². The molecule has 0 saturated heterocycles. The summed E-state index contributed by atoms with van der Waals surface area (Å²) in [5.74, 6) is -0.322. The number of hydrogen-bond donors (Lipinski definition) is 0. The quantitative estimate of drug-likeness (QED) is 0.812. The van der Waals surface area contributed by atoms with Gasteiger partial charge >= 0.3 is 5.97 Å². The summed E-state index contributed by atoms with van der Waals surface area (Å²) < 4.78 is 5.48. The summed E-state index contributed by atoms with van der Waals surface area (Å²) in [6.07, 6.45) is 0.716. The number of carbonyl (C=O) groups is 1. The second-order valence-electron chi connectivity index (χ2n) is 5.97. The smallest absolute Gasteiger partial charge is 0.313 e. The topological polar surface area (TPSA) is 29.5 Å². The number of carbonyl (C=O) groups excluding carboxylic acids is 1. The minimum atomic E-state index is -0.201. The summed E-state index contributed by atoms with van der Waals surface area (Å²) in [4.78, 5) is 14.5. The maximum Gasteiger partial charge on any atom is 0.313 e. The van der Waals surface area contributed by atoms with Gasteiger partial charge in [-0.2, -0.15) is 0 Å². The van der Waals surface area contributed by atoms with Gasteiger partial charge in [-0.1, -0.05) is 48.5 Å². The largest absolute Gasteiger partial charge is 0.464 e. The molecule has 0 radical (unpaired) electrons. The van der Waals surface area contributed by atoms with E-state index < -0.39 is 0 Å². The molecule has 1 atom stereocenters. The summed E-state index contributed by atoms with van der Waals surface area (Å²) in [6, 6.07) is 16.5. The number of nitrogens with zero attached hydrogens (tertiary/aromatic N) is 1. The van der Waals surface area contributed by atoms with Crippen molar-refractivity contribution in [3.05, 3.63) is 59.7 Å². The molecule has 0 heterocycles. The molecule has 2 aromatic carbocycles. The van der Waals surface area contributed by atoms with E-state index in [-0.39, 0.29) is 11.9 Å². The fourth-order valence-electron chi connectivity index (χ4n) is 2.98. The lowest BCUT2D eigenvalue weighted by atomic mass is 9.79. The van der Waals surface area contributed by atoms with Crippen LogP contribution in [0, 0.1) is 0 Å². The molecule has 3 heteroatoms. The number of benzene rings is 2. The third-order valence-electron chi connectivity index (χ3n) is 4.14. The van der Waals surface area contributed by atoms with Crippen molar-refractivity contribution in [1.29, 1.82) is 0 Å². The van der Waals surface area contributed by atoms with Gasteiger partial charge in [-0.25, -0.2) is 0 Å². The lowest BCUT2D eigenvalue weighted by molar-refractivity contribution is -0.145. The number of ether oxygens (including phenoxy) is 1. The Morgan fingerprint density at radius 1 is 1.09 bits per heavy atom. The number of hydrogen-bond acceptors (Lipinski definition) is 3. The molecule has 0 spiro atoms. The second kappa shape index (κ2) is 6.32. The molecule has 1 aliphatic rings. The highest BCUT2D eigenvalue weighted by Gasteiger charge is 2.30. The Kier molecular flexibility index (Phi) is 4.25. The van der Waals surface area contributed by atoms with E-state index in [4.69, 9.17) is 4.74 Å². The van der Waals surface area contributed by atoms with Crippen LogP contribution in [-0.2, 0) is 16.0 Å². The average Bonchev–Trinajstić information content (AvgIpc) is 2.53. The molecule has 114 valence electrons. The first kappa shape index (κ1) is 14.8. The van der Waals surface area contributed by atoms with E-state index in [2.05, 4.69) is 18.2 Å². The Morgan fingerprint density at radius 3 is 2.55 bits per heavy atom. The zero-order valence-corrected chi connectivity index (χ0v) is 13.1. The average molecular weight is 295 g/mol. The third kappa shape index (κ3) is 2.90. The SMILES string of the molecule is CN(C)CCOC(=O)C1Cc2ccccc2-c2ccccc21. The Labute approximate surface area is 131 Å². The summed E-state index contributed by atoms with van der Waals surface area (Å²) in [7, 11) is 3.94. The molecule has 22 heavy (non-hydrogen) atoms. The highest BCUT2D eigenvalue weighted by Crippen LogP contribution is 2.39. The van der Waals surface area contributed by atoms with E-state index in [1.807, 2.05) is 49.3 Å². The summed E-state index contributed by atoms with van der Waals surface area (Å²) >= 11 is 0. The van der Waals surface area contributed by atoms with Crippen LogP contribution in [0.5, 0.6) is 0 Å². The summed E-state index contributed by atoms with van der Waals surface area (Å²) in [5.41, 5.74) is 4.68. The van der Waals surface area contributed by atoms with Crippen molar-refractivity contribution in [2.75, 3.05) is 27.2 Å². The fourth-order valence-corrected chi connectivity index (χ4v) is 2.98. The first-order chi connectivity index (χ1) is 10.7. The highest BCUT2D eigenvalue weighted by molar-refractivity contribution is 5.86. The van der Waals surface area contributed by atoms with E-state index >= 15 is 0 Å². The van der Waals surface area contributed by atoms with Crippen molar-refractivity contribution < 1.29 is 9.53 Å². The molecule has 0 aliphatic heterocycles. The van der Waals surface area contributed by atoms with Gasteiger partial charge in [-0.3, -0.25) is 4.79 Å². The molecule has 0 N–H and O–H groups in total. The van der Waals surface area contributed by atoms with Crippen LogP contribution in [0.4, 0.5) is 0 Å². The van der Waals surface area contributed by atoms with Crippen LogP contribution in [0.1, 0.15) is 17.0 Å². The first-order valence-electron chi connectivity index (χ1n) is 7.65. The number of esters is 1. The standard InChI is InChI=1S/C19H21NO2/c1-20(2)11-12-22-19(21)18-13-14-7-3-4-8-15(14)16-9-5-6-10-17(16)18/h3-10,18H,11-13H2,1-2H3. The van der Waals surface area contributed by atoms with Crippen LogP contribution in [0.15, 0.2) is 48.5 Å². The Balaban J connectivity index is 1.87. The van der Waals surface area contributed by atoms with Crippen LogP contribution in [0.3, 0.4) is 0 Å². The van der Waals surface area contributed by atoms with Gasteiger partial charge < -0.3 is 9.64 Å². The highest BCUT2D eigenvalue weighted by atomic mass is 16.5. The van der Waals surface area contributed by atoms with Crippen molar-refractivity contribution in [2.24, 2.45) is 0 Å². The third-order valence-corrected chi connectivity index (χ3v) is 4.14. The van der Waals surface area contributed by atoms with Crippen LogP contribution < -0.4 is 0 Å². The van der Waals surface area contributed by atoms with Crippen molar-refractivity contribution in [3.8, 4) is 11.1 Å². The van der Waals surface area contributed by atoms with Gasteiger partial charge in [0.25, 0.3) is 0 Å². The van der Waals surface area contributed by atoms with E-state index in [1.54, 1.807) is 0 Å². The summed E-state index contributed by atoms with van der Waals surface area (Å²) in [6.45, 7) is 1.18. The van der Waals surface area contributed by atoms with E-state index in [1.165, 1.54) is 11.1 Å². The predicted octanol–water partition coefficient (Wildman–Crippen LogP) is 3.10. The molecule has 0 saturated carbocycles. The molecule has 0 amide bonds. The van der Waals surface area contributed by atoms with Gasteiger partial charge in [0.1, 0.15) is 6.61 Å². The first-order valence-corrected chi connectivity index (χ1v) is 7.65. The minimum absolute atomic E-state index is 0.121. The number of rotatable bonds is 4. The van der Waals surface area contributed by atoms with Gasteiger partial charge in [0.15, 0.2) is 0 Å². The van der Waals surface area contributed by atoms with Crippen molar-refractivity contribution in [3.63, 3.8) is 0 Å². The molecular formula is C19H21NO2. The number of fused-ring (bicyclic) bond motifs is 3. The van der Waals surface area contributed by atoms with E-state index in [9.17, 15) is 4.79 Å². The van der Waals surface area contributed by atoms with Gasteiger partial charge in [0.05, 0.1) is 5.92 Å². The molecule has 3 nitrogen and oxygen atoms in total. The molecule has 1 unspecified atom stereocenters. The van der Waals surface area contributed by atoms with Gasteiger partial charge in [-0.05, 0) is 42.8 Å². The van der Waals surface area contributed by atoms with Crippen LogP contribution >= 0.6 is 0 Å². The van der Waals surface area contributed by atoms with Crippen molar-refractivity contribution in [2.45, 2.75) is 12.3 Å². The van der Waals surface area contributed by atoms with Gasteiger partial charge in [0.2, 0.25) is 0 Å². The Hall–Kier alpha value is -2.13. The minimum Gasteiger partial charge on any atom is -0.464 e. The Morgan fingerprint density at radius 2 is 1.77 bits per heavy atom. The monoisotopic (exact) mass is 295 g/mol. The molecule has 0 aromatic heterocycles. The van der Waals surface area contributed by atoms with Crippen LogP contribution in [0.25, 0.3) is 11.1 Å². The molecule has 1 aliphatic carbocycles. The molecule has 0 fully saturated rings. The van der Waals surface area contributed by atoms with Gasteiger partial charge in [0, 0.05) is 6.54 Å². The summed E-state index contributed by atoms with van der Waals surface area (Å²) in [5, 5.41) is 0. The Bertz CT molecular complexity index is 679. The number of likely N-dealkylation sites (N-methyl/N-ethyl adjacent to an activating group) is 1. The van der Waals surface area contributed by atoms with Gasteiger partial charge in [-0.15, -0.1) is 0 Å².